The van der Waals surface area contributed by atoms with Crippen LogP contribution < -0.4 is 0 Å². The molecule has 2 rings (SSSR count). The van der Waals surface area contributed by atoms with Crippen LogP contribution in [0.3, 0.4) is 0 Å². The maximum Gasteiger partial charge on any atom is 0.355 e. The van der Waals surface area contributed by atoms with Gasteiger partial charge >= 0.3 is 23.9 Å². The monoisotopic (exact) mass is 349 g/mol. The molecule has 0 atom stereocenters. The molecule has 2 aromatic heterocycles. The van der Waals surface area contributed by atoms with Gasteiger partial charge in [-0.05, 0) is 12.1 Å². The highest BCUT2D eigenvalue weighted by Crippen LogP contribution is 2.28. The third-order valence-corrected chi connectivity index (χ3v) is 3.53. The average Bonchev–Trinajstić information content (AvgIpc) is 3.12. The number of rotatable bonds is 4. The maximum absolute atomic E-state index is 12.3. The Morgan fingerprint density at radius 2 is 1.20 bits per heavy atom. The van der Waals surface area contributed by atoms with Crippen molar-refractivity contribution in [2.24, 2.45) is 0 Å². The fourth-order valence-corrected chi connectivity index (χ4v) is 2.48. The molecule has 0 saturated heterocycles. The van der Waals surface area contributed by atoms with Crippen molar-refractivity contribution in [2.45, 2.75) is 0 Å². The number of pyridine rings is 1. The zero-order chi connectivity index (χ0) is 18.7. The summed E-state index contributed by atoms with van der Waals surface area (Å²) >= 11 is 0. The standard InChI is InChI=1S/C16H15NO8/c1-22-13(18)9-8-6-5-7-17(8)12(16(21)25-4)11(15(20)24-3)10(9)14(19)23-2/h5-7H,1-4H3. The van der Waals surface area contributed by atoms with E-state index < -0.39 is 35.0 Å². The first-order valence-electron chi connectivity index (χ1n) is 6.93. The number of aromatic nitrogens is 1. The summed E-state index contributed by atoms with van der Waals surface area (Å²) in [6.45, 7) is 0. The second kappa shape index (κ2) is 7.04. The van der Waals surface area contributed by atoms with E-state index in [-0.39, 0.29) is 16.8 Å². The molecule has 0 aliphatic carbocycles. The highest BCUT2D eigenvalue weighted by molar-refractivity contribution is 6.17. The molecule has 0 bridgehead atoms. The predicted octanol–water partition coefficient (Wildman–Crippen LogP) is 1.09. The first-order chi connectivity index (χ1) is 11.9. The van der Waals surface area contributed by atoms with Gasteiger partial charge in [0, 0.05) is 6.20 Å². The lowest BCUT2D eigenvalue weighted by atomic mass is 9.98. The van der Waals surface area contributed by atoms with E-state index in [1.165, 1.54) is 22.7 Å². The van der Waals surface area contributed by atoms with Crippen LogP contribution in [0.25, 0.3) is 5.52 Å². The van der Waals surface area contributed by atoms with E-state index in [2.05, 4.69) is 9.47 Å². The van der Waals surface area contributed by atoms with Crippen molar-refractivity contribution < 1.29 is 38.1 Å². The summed E-state index contributed by atoms with van der Waals surface area (Å²) in [7, 11) is 4.38. The molecule has 0 aromatic carbocycles. The summed E-state index contributed by atoms with van der Waals surface area (Å²) in [5.41, 5.74) is -1.23. The lowest BCUT2D eigenvalue weighted by Crippen LogP contribution is -2.25. The summed E-state index contributed by atoms with van der Waals surface area (Å²) in [5.74, 6) is -3.80. The van der Waals surface area contributed by atoms with Crippen LogP contribution in [-0.2, 0) is 18.9 Å². The Morgan fingerprint density at radius 3 is 1.72 bits per heavy atom. The van der Waals surface area contributed by atoms with Crippen LogP contribution >= 0.6 is 0 Å². The highest BCUT2D eigenvalue weighted by atomic mass is 16.5. The summed E-state index contributed by atoms with van der Waals surface area (Å²) in [5, 5.41) is 0. The Morgan fingerprint density at radius 1 is 0.720 bits per heavy atom. The Hall–Kier alpha value is -3.36. The summed E-state index contributed by atoms with van der Waals surface area (Å²) in [6, 6.07) is 3.00. The van der Waals surface area contributed by atoms with Crippen LogP contribution in [0.15, 0.2) is 18.3 Å². The Balaban J connectivity index is 3.13. The third kappa shape index (κ3) is 2.80. The Kier molecular flexibility index (Phi) is 5.06. The molecule has 0 N–H and O–H groups in total. The minimum absolute atomic E-state index is 0.167. The van der Waals surface area contributed by atoms with Gasteiger partial charge in [0.15, 0.2) is 0 Å². The predicted molar refractivity (Wildman–Crippen MR) is 82.8 cm³/mol. The van der Waals surface area contributed by atoms with E-state index in [1.807, 2.05) is 0 Å². The van der Waals surface area contributed by atoms with Gasteiger partial charge in [-0.3, -0.25) is 0 Å². The second-order valence-electron chi connectivity index (χ2n) is 4.70. The highest BCUT2D eigenvalue weighted by Gasteiger charge is 2.35. The third-order valence-electron chi connectivity index (χ3n) is 3.53. The Bertz CT molecular complexity index is 810. The zero-order valence-electron chi connectivity index (χ0n) is 13.9. The molecule has 0 amide bonds. The van der Waals surface area contributed by atoms with Gasteiger partial charge in [0.05, 0.1) is 45.1 Å². The van der Waals surface area contributed by atoms with E-state index in [1.54, 1.807) is 0 Å². The lowest BCUT2D eigenvalue weighted by molar-refractivity contribution is 0.0518. The van der Waals surface area contributed by atoms with Crippen molar-refractivity contribution in [3.8, 4) is 0 Å². The number of nitrogens with zero attached hydrogens (tertiary/aromatic N) is 1. The van der Waals surface area contributed by atoms with Gasteiger partial charge in [-0.1, -0.05) is 0 Å². The number of fused-ring (bicyclic) bond motifs is 1. The van der Waals surface area contributed by atoms with Gasteiger partial charge in [-0.2, -0.15) is 0 Å². The van der Waals surface area contributed by atoms with Gasteiger partial charge < -0.3 is 23.3 Å². The van der Waals surface area contributed by atoms with Gasteiger partial charge in [0.2, 0.25) is 0 Å². The van der Waals surface area contributed by atoms with Crippen LogP contribution in [0.2, 0.25) is 0 Å². The quantitative estimate of drug-likeness (QED) is 0.596. The number of carbonyl (C=O) groups excluding carboxylic acids is 4. The van der Waals surface area contributed by atoms with Crippen LogP contribution in [0.5, 0.6) is 0 Å². The van der Waals surface area contributed by atoms with Crippen molar-refractivity contribution >= 4 is 29.4 Å². The fraction of sp³-hybridized carbons (Fsp3) is 0.250. The number of ether oxygens (including phenoxy) is 4. The van der Waals surface area contributed by atoms with E-state index in [4.69, 9.17) is 9.47 Å². The normalized spacial score (nSPS) is 10.2. The van der Waals surface area contributed by atoms with Crippen molar-refractivity contribution in [1.82, 2.24) is 4.40 Å². The molecule has 0 aliphatic rings. The molecule has 0 radical (unpaired) electrons. The minimum atomic E-state index is -1.01. The number of carbonyl (C=O) groups is 4. The van der Waals surface area contributed by atoms with Gasteiger partial charge in [-0.25, -0.2) is 19.2 Å². The molecule has 25 heavy (non-hydrogen) atoms. The average molecular weight is 349 g/mol. The van der Waals surface area contributed by atoms with Crippen LogP contribution in [-0.4, -0.2) is 56.7 Å². The second-order valence-corrected chi connectivity index (χ2v) is 4.70. The van der Waals surface area contributed by atoms with Crippen molar-refractivity contribution in [2.75, 3.05) is 28.4 Å². The van der Waals surface area contributed by atoms with E-state index in [9.17, 15) is 19.2 Å². The van der Waals surface area contributed by atoms with Gasteiger partial charge in [0.1, 0.15) is 11.3 Å². The topological polar surface area (TPSA) is 110 Å². The van der Waals surface area contributed by atoms with E-state index >= 15 is 0 Å². The van der Waals surface area contributed by atoms with Gasteiger partial charge in [-0.15, -0.1) is 0 Å². The first kappa shape index (κ1) is 18.0. The molecule has 0 saturated carbocycles. The van der Waals surface area contributed by atoms with Crippen molar-refractivity contribution in [3.05, 3.63) is 40.7 Å². The molecule has 2 aromatic rings. The fourth-order valence-electron chi connectivity index (χ4n) is 2.48. The largest absolute Gasteiger partial charge is 0.465 e. The smallest absolute Gasteiger partial charge is 0.355 e. The van der Waals surface area contributed by atoms with E-state index in [0.29, 0.717) is 0 Å². The van der Waals surface area contributed by atoms with Crippen molar-refractivity contribution in [1.29, 1.82) is 0 Å². The molecule has 9 heteroatoms. The summed E-state index contributed by atoms with van der Waals surface area (Å²) < 4.78 is 20.0. The van der Waals surface area contributed by atoms with Crippen LogP contribution in [0, 0.1) is 0 Å². The zero-order valence-corrected chi connectivity index (χ0v) is 13.9. The molecule has 0 fully saturated rings. The van der Waals surface area contributed by atoms with Crippen LogP contribution in [0.4, 0.5) is 0 Å². The summed E-state index contributed by atoms with van der Waals surface area (Å²) in [6.07, 6.45) is 1.43. The maximum atomic E-state index is 12.3. The SMILES string of the molecule is COC(=O)c1c(C(=O)OC)c(C(=O)OC)n2cccc2c1C(=O)OC. The molecule has 0 aliphatic heterocycles. The molecule has 132 valence electrons. The number of hydrogen-bond donors (Lipinski definition) is 0. The molecular weight excluding hydrogens is 334 g/mol. The number of esters is 4. The lowest BCUT2D eigenvalue weighted by Gasteiger charge is -2.17. The van der Waals surface area contributed by atoms with Crippen molar-refractivity contribution in [3.63, 3.8) is 0 Å². The molecule has 9 nitrogen and oxygen atoms in total. The molecule has 0 unspecified atom stereocenters. The Labute approximate surface area is 142 Å². The number of methoxy groups -OCH3 is 4. The van der Waals surface area contributed by atoms with Crippen LogP contribution in [0.1, 0.15) is 41.6 Å². The van der Waals surface area contributed by atoms with E-state index in [0.717, 1.165) is 28.4 Å². The molecule has 2 heterocycles. The number of hydrogen-bond acceptors (Lipinski definition) is 8. The molecular formula is C16H15NO8. The first-order valence-corrected chi connectivity index (χ1v) is 6.93. The minimum Gasteiger partial charge on any atom is -0.465 e. The van der Waals surface area contributed by atoms with Gasteiger partial charge in [0.25, 0.3) is 0 Å². The summed E-state index contributed by atoms with van der Waals surface area (Å²) in [4.78, 5) is 49.2. The molecule has 0 spiro atoms.